The zero-order valence-electron chi connectivity index (χ0n) is 7.78. The lowest BCUT2D eigenvalue weighted by Crippen LogP contribution is -1.94. The van der Waals surface area contributed by atoms with E-state index in [-0.39, 0.29) is 11.4 Å². The van der Waals surface area contributed by atoms with Gasteiger partial charge in [0.05, 0.1) is 11.4 Å². The van der Waals surface area contributed by atoms with Gasteiger partial charge in [-0.1, -0.05) is 13.8 Å². The normalized spacial score (nSPS) is 8.83. The van der Waals surface area contributed by atoms with Gasteiger partial charge < -0.3 is 0 Å². The number of halogens is 2. The van der Waals surface area contributed by atoms with E-state index in [0.29, 0.717) is 0 Å². The highest BCUT2D eigenvalue weighted by Gasteiger charge is 2.03. The van der Waals surface area contributed by atoms with Crippen LogP contribution in [0.15, 0.2) is 6.07 Å². The van der Waals surface area contributed by atoms with Crippen molar-refractivity contribution >= 4 is 0 Å². The second-order valence-electron chi connectivity index (χ2n) is 2.12. The summed E-state index contributed by atoms with van der Waals surface area (Å²) < 4.78 is 24.9. The summed E-state index contributed by atoms with van der Waals surface area (Å²) in [5.74, 6) is -1.19. The molecule has 3 heteroatoms. The summed E-state index contributed by atoms with van der Waals surface area (Å²) in [6.45, 7) is 7.00. The molecule has 0 bridgehead atoms. The minimum absolute atomic E-state index is 0.235. The summed E-state index contributed by atoms with van der Waals surface area (Å²) in [5.41, 5.74) is 0.470. The Morgan fingerprint density at radius 3 is 1.58 bits per heavy atom. The van der Waals surface area contributed by atoms with Crippen LogP contribution in [0.4, 0.5) is 8.78 Å². The zero-order chi connectivity index (χ0) is 9.72. The number of rotatable bonds is 0. The van der Waals surface area contributed by atoms with Crippen LogP contribution in [0.1, 0.15) is 25.2 Å². The maximum atomic E-state index is 12.5. The van der Waals surface area contributed by atoms with Crippen LogP contribution in [0.2, 0.25) is 0 Å². The fourth-order valence-electron chi connectivity index (χ4n) is 0.679. The lowest BCUT2D eigenvalue weighted by molar-refractivity contribution is 0.557. The van der Waals surface area contributed by atoms with E-state index in [1.54, 1.807) is 0 Å². The molecule has 1 aromatic rings. The molecule has 0 aliphatic rings. The first-order valence-electron chi connectivity index (χ1n) is 3.90. The first-order chi connectivity index (χ1) is 5.61. The molecule has 0 fully saturated rings. The minimum atomic E-state index is -0.594. The average molecular weight is 173 g/mol. The Labute approximate surface area is 71.4 Å². The smallest absolute Gasteiger partial charge is 0.147 e. The molecule has 12 heavy (non-hydrogen) atoms. The minimum Gasteiger partial charge on any atom is -0.252 e. The lowest BCUT2D eigenvalue weighted by Gasteiger charge is -1.97. The average Bonchev–Trinajstić information content (AvgIpc) is 2.05. The predicted octanol–water partition coefficient (Wildman–Crippen LogP) is 3.00. The molecule has 0 spiro atoms. The van der Waals surface area contributed by atoms with Gasteiger partial charge in [0.2, 0.25) is 0 Å². The monoisotopic (exact) mass is 173 g/mol. The van der Waals surface area contributed by atoms with Crippen molar-refractivity contribution in [1.82, 2.24) is 4.98 Å². The van der Waals surface area contributed by atoms with Crippen molar-refractivity contribution in [3.63, 3.8) is 0 Å². The first kappa shape index (κ1) is 11.0. The molecule has 0 amide bonds. The highest BCUT2D eigenvalue weighted by Crippen LogP contribution is 2.08. The lowest BCUT2D eigenvalue weighted by atomic mass is 10.3. The Bertz CT molecular complexity index is 209. The highest BCUT2D eigenvalue weighted by atomic mass is 19.1. The molecule has 1 rings (SSSR count). The molecule has 0 N–H and O–H groups in total. The van der Waals surface area contributed by atoms with E-state index < -0.39 is 11.6 Å². The predicted molar refractivity (Wildman–Crippen MR) is 45.0 cm³/mol. The third kappa shape index (κ3) is 2.57. The van der Waals surface area contributed by atoms with Gasteiger partial charge in [0.25, 0.3) is 0 Å². The van der Waals surface area contributed by atoms with Gasteiger partial charge in [-0.25, -0.2) is 8.78 Å². The van der Waals surface area contributed by atoms with Crippen LogP contribution >= 0.6 is 0 Å². The molecule has 0 aliphatic heterocycles. The molecular weight excluding hydrogens is 160 g/mol. The summed E-state index contributed by atoms with van der Waals surface area (Å²) in [7, 11) is 0. The van der Waals surface area contributed by atoms with E-state index in [0.717, 1.165) is 6.07 Å². The summed E-state index contributed by atoms with van der Waals surface area (Å²) in [6, 6.07) is 0.845. The number of pyridine rings is 1. The third-order valence-electron chi connectivity index (χ3n) is 1.28. The molecule has 0 unspecified atom stereocenters. The van der Waals surface area contributed by atoms with Gasteiger partial charge >= 0.3 is 0 Å². The van der Waals surface area contributed by atoms with Gasteiger partial charge in [-0.3, -0.25) is 4.98 Å². The fraction of sp³-hybridized carbons (Fsp3) is 0.444. The van der Waals surface area contributed by atoms with Crippen molar-refractivity contribution in [2.24, 2.45) is 0 Å². The molecule has 1 heterocycles. The first-order valence-corrected chi connectivity index (χ1v) is 3.90. The van der Waals surface area contributed by atoms with Gasteiger partial charge in [-0.2, -0.15) is 0 Å². The Kier molecular flexibility index (Phi) is 4.40. The van der Waals surface area contributed by atoms with Crippen molar-refractivity contribution in [2.45, 2.75) is 27.7 Å². The number of nitrogens with zero attached hydrogens (tertiary/aromatic N) is 1. The van der Waals surface area contributed by atoms with Crippen LogP contribution in [0.25, 0.3) is 0 Å². The molecular formula is C9H13F2N. The Morgan fingerprint density at radius 1 is 1.00 bits per heavy atom. The van der Waals surface area contributed by atoms with Gasteiger partial charge in [-0.15, -0.1) is 0 Å². The van der Waals surface area contributed by atoms with E-state index >= 15 is 0 Å². The van der Waals surface area contributed by atoms with Crippen LogP contribution in [0, 0.1) is 25.5 Å². The molecule has 0 saturated carbocycles. The third-order valence-corrected chi connectivity index (χ3v) is 1.28. The number of aromatic nitrogens is 1. The van der Waals surface area contributed by atoms with Crippen LogP contribution in [-0.2, 0) is 0 Å². The molecule has 0 atom stereocenters. The van der Waals surface area contributed by atoms with E-state index in [1.165, 1.54) is 13.8 Å². The Balaban J connectivity index is 0.000000561. The SMILES string of the molecule is CC.Cc1nc(C)c(F)cc1F. The molecule has 0 radical (unpaired) electrons. The van der Waals surface area contributed by atoms with Crippen LogP contribution < -0.4 is 0 Å². The van der Waals surface area contributed by atoms with E-state index in [4.69, 9.17) is 0 Å². The van der Waals surface area contributed by atoms with Crippen molar-refractivity contribution in [3.05, 3.63) is 29.1 Å². The van der Waals surface area contributed by atoms with Gasteiger partial charge in [0, 0.05) is 6.07 Å². The van der Waals surface area contributed by atoms with Gasteiger partial charge in [0.15, 0.2) is 0 Å². The number of aryl methyl sites for hydroxylation is 2. The highest BCUT2D eigenvalue weighted by molar-refractivity contribution is 5.12. The quantitative estimate of drug-likeness (QED) is 0.587. The van der Waals surface area contributed by atoms with E-state index in [2.05, 4.69) is 4.98 Å². The summed E-state index contributed by atoms with van der Waals surface area (Å²) in [4.78, 5) is 3.62. The maximum Gasteiger partial charge on any atom is 0.147 e. The topological polar surface area (TPSA) is 12.9 Å². The summed E-state index contributed by atoms with van der Waals surface area (Å²) >= 11 is 0. The number of hydrogen-bond acceptors (Lipinski definition) is 1. The standard InChI is InChI=1S/C7H7F2N.C2H6/c1-4-6(8)3-7(9)5(2)10-4;1-2/h3H,1-2H3;1-2H3. The maximum absolute atomic E-state index is 12.5. The van der Waals surface area contributed by atoms with Crippen molar-refractivity contribution in [3.8, 4) is 0 Å². The largest absolute Gasteiger partial charge is 0.252 e. The van der Waals surface area contributed by atoms with Gasteiger partial charge in [0.1, 0.15) is 11.6 Å². The molecule has 1 nitrogen and oxygen atoms in total. The van der Waals surface area contributed by atoms with Crippen LogP contribution in [0.3, 0.4) is 0 Å². The zero-order valence-corrected chi connectivity index (χ0v) is 7.78. The number of hydrogen-bond donors (Lipinski definition) is 0. The Morgan fingerprint density at radius 2 is 1.33 bits per heavy atom. The second kappa shape index (κ2) is 4.80. The van der Waals surface area contributed by atoms with Crippen molar-refractivity contribution in [2.75, 3.05) is 0 Å². The Hall–Kier alpha value is -0.990. The van der Waals surface area contributed by atoms with Crippen molar-refractivity contribution in [1.29, 1.82) is 0 Å². The summed E-state index contributed by atoms with van der Waals surface area (Å²) in [6.07, 6.45) is 0. The molecule has 0 saturated heterocycles. The molecule has 1 aromatic heterocycles. The molecule has 0 aliphatic carbocycles. The van der Waals surface area contributed by atoms with E-state index in [9.17, 15) is 8.78 Å². The summed E-state index contributed by atoms with van der Waals surface area (Å²) in [5, 5.41) is 0. The van der Waals surface area contributed by atoms with Crippen LogP contribution in [-0.4, -0.2) is 4.98 Å². The molecule has 0 aromatic carbocycles. The second-order valence-corrected chi connectivity index (χ2v) is 2.12. The molecule has 68 valence electrons. The van der Waals surface area contributed by atoms with E-state index in [1.807, 2.05) is 13.8 Å². The van der Waals surface area contributed by atoms with Gasteiger partial charge in [-0.05, 0) is 13.8 Å². The van der Waals surface area contributed by atoms with Crippen LogP contribution in [0.5, 0.6) is 0 Å². The van der Waals surface area contributed by atoms with Crippen molar-refractivity contribution < 1.29 is 8.78 Å². The fourth-order valence-corrected chi connectivity index (χ4v) is 0.679.